The van der Waals surface area contributed by atoms with Crippen LogP contribution in [-0.2, 0) is 41.6 Å². The van der Waals surface area contributed by atoms with Crippen molar-refractivity contribution < 1.29 is 71.8 Å². The van der Waals surface area contributed by atoms with E-state index in [4.69, 9.17) is 24.6 Å². The van der Waals surface area contributed by atoms with Gasteiger partial charge in [0.1, 0.15) is 48.7 Å². The first-order valence-corrected chi connectivity index (χ1v) is 17.3. The van der Waals surface area contributed by atoms with Crippen molar-refractivity contribution in [2.45, 2.75) is 69.2 Å². The van der Waals surface area contributed by atoms with Gasteiger partial charge in [0.25, 0.3) is 0 Å². The van der Waals surface area contributed by atoms with E-state index in [2.05, 4.69) is 42.6 Å². The van der Waals surface area contributed by atoms with Crippen LogP contribution >= 0.6 is 28.3 Å². The summed E-state index contributed by atoms with van der Waals surface area (Å²) < 4.78 is 44.1. The fourth-order valence-electron chi connectivity index (χ4n) is 4.29. The number of fused-ring (bicyclic) bond motifs is 1. The maximum absolute atomic E-state index is 12.4. The van der Waals surface area contributed by atoms with Gasteiger partial charge in [0.2, 0.25) is 11.8 Å². The lowest BCUT2D eigenvalue weighted by Gasteiger charge is -2.31. The quantitative estimate of drug-likeness (QED) is 0.0512. The van der Waals surface area contributed by atoms with Crippen LogP contribution in [0.3, 0.4) is 0 Å². The molecule has 25 heteroatoms. The van der Waals surface area contributed by atoms with E-state index in [0.29, 0.717) is 0 Å². The second-order valence-electron chi connectivity index (χ2n) is 11.1. The molecule has 266 valence electrons. The molecule has 0 saturated carbocycles. The van der Waals surface area contributed by atoms with Gasteiger partial charge in [0, 0.05) is 24.1 Å². The highest BCUT2D eigenvalue weighted by Gasteiger charge is 2.51. The number of aliphatic imine (C=N–C) groups is 3. The molecule has 0 aliphatic carbocycles. The number of amidine groups is 1. The van der Waals surface area contributed by atoms with Gasteiger partial charge >= 0.3 is 21.6 Å². The summed E-state index contributed by atoms with van der Waals surface area (Å²) in [6.07, 6.45) is -6.37. The number of ether oxygens (including phenoxy) is 1. The molecule has 10 atom stereocenters. The SMILES string of the molecule is CC(C)(COP(=O)(O)OP(=O)(O)OC[C@H]1O[C@@H](N2C=NC3C(N)=NC=NC32)[C@H](O)[C@@H]1O)[C@@H](O)C(=O)NCCC(=O)N[C@@H](CS)C(=O)O. The van der Waals surface area contributed by atoms with Crippen LogP contribution in [0.2, 0.25) is 0 Å². The van der Waals surface area contributed by atoms with E-state index in [9.17, 15) is 48.6 Å². The summed E-state index contributed by atoms with van der Waals surface area (Å²) in [5.74, 6) is -3.04. The lowest BCUT2D eigenvalue weighted by Crippen LogP contribution is -2.51. The molecule has 0 bridgehead atoms. The average Bonchev–Trinajstić information content (AvgIpc) is 3.54. The first-order chi connectivity index (χ1) is 21.8. The minimum atomic E-state index is -5.39. The number of carbonyl (C=O) groups is 3. The monoisotopic (exact) mass is 733 g/mol. The molecule has 10 N–H and O–H groups in total. The van der Waals surface area contributed by atoms with Gasteiger partial charge < -0.3 is 56.2 Å². The maximum Gasteiger partial charge on any atom is 0.481 e. The van der Waals surface area contributed by atoms with Crippen molar-refractivity contribution in [3.8, 4) is 0 Å². The Morgan fingerprint density at radius 3 is 2.47 bits per heavy atom. The fraction of sp³-hybridized carbons (Fsp3) is 0.727. The van der Waals surface area contributed by atoms with E-state index in [-0.39, 0.29) is 24.6 Å². The molecule has 0 aromatic heterocycles. The molecule has 2 amide bonds. The number of nitrogens with zero attached hydrogens (tertiary/aromatic N) is 4. The Bertz CT molecular complexity index is 1370. The minimum Gasteiger partial charge on any atom is -0.480 e. The molecule has 22 nitrogen and oxygen atoms in total. The third kappa shape index (κ3) is 10.2. The van der Waals surface area contributed by atoms with E-state index in [1.165, 1.54) is 31.4 Å². The summed E-state index contributed by atoms with van der Waals surface area (Å²) in [6, 6.07) is -1.90. The van der Waals surface area contributed by atoms with Crippen molar-refractivity contribution in [2.75, 3.05) is 25.5 Å². The Kier molecular flexibility index (Phi) is 13.1. The van der Waals surface area contributed by atoms with Gasteiger partial charge in [-0.25, -0.2) is 23.9 Å². The van der Waals surface area contributed by atoms with Crippen LogP contribution in [0.15, 0.2) is 15.0 Å². The highest BCUT2D eigenvalue weighted by Crippen LogP contribution is 2.61. The van der Waals surface area contributed by atoms with Crippen LogP contribution in [0.4, 0.5) is 0 Å². The zero-order valence-corrected chi connectivity index (χ0v) is 27.6. The molecule has 0 aromatic rings. The number of hydrogen-bond acceptors (Lipinski definition) is 18. The van der Waals surface area contributed by atoms with Gasteiger partial charge in [-0.2, -0.15) is 16.9 Å². The van der Waals surface area contributed by atoms with Crippen LogP contribution in [0.5, 0.6) is 0 Å². The summed E-state index contributed by atoms with van der Waals surface area (Å²) >= 11 is 3.81. The number of amides is 2. The third-order valence-corrected chi connectivity index (χ3v) is 9.92. The van der Waals surface area contributed by atoms with E-state index in [0.717, 1.165) is 0 Å². The van der Waals surface area contributed by atoms with Gasteiger partial charge in [-0.1, -0.05) is 13.8 Å². The van der Waals surface area contributed by atoms with Crippen molar-refractivity contribution in [2.24, 2.45) is 26.1 Å². The molecule has 3 aliphatic rings. The molecule has 1 saturated heterocycles. The Morgan fingerprint density at radius 2 is 1.83 bits per heavy atom. The van der Waals surface area contributed by atoms with Crippen LogP contribution < -0.4 is 16.4 Å². The predicted octanol–water partition coefficient (Wildman–Crippen LogP) is -3.49. The molecule has 4 unspecified atom stereocenters. The Balaban J connectivity index is 1.46. The van der Waals surface area contributed by atoms with E-state index < -0.39 is 101 Å². The van der Waals surface area contributed by atoms with Crippen molar-refractivity contribution in [1.29, 1.82) is 0 Å². The number of carboxylic acids is 1. The van der Waals surface area contributed by atoms with Gasteiger partial charge in [0.15, 0.2) is 12.4 Å². The molecule has 3 rings (SSSR count). The van der Waals surface area contributed by atoms with Gasteiger partial charge in [-0.15, -0.1) is 0 Å². The zero-order chi connectivity index (χ0) is 35.3. The van der Waals surface area contributed by atoms with E-state index in [1.807, 2.05) is 0 Å². The summed E-state index contributed by atoms with van der Waals surface area (Å²) in [5.41, 5.74) is 4.20. The topological polar surface area (TPSA) is 334 Å². The van der Waals surface area contributed by atoms with Crippen molar-refractivity contribution in [3.63, 3.8) is 0 Å². The van der Waals surface area contributed by atoms with Gasteiger partial charge in [-0.05, 0) is 0 Å². The van der Waals surface area contributed by atoms with Gasteiger partial charge in [-0.3, -0.25) is 23.6 Å². The van der Waals surface area contributed by atoms with Crippen LogP contribution in [-0.4, -0.2) is 146 Å². The number of thiol groups is 1. The smallest absolute Gasteiger partial charge is 0.480 e. The molecule has 0 aromatic carbocycles. The Labute approximate surface area is 272 Å². The van der Waals surface area contributed by atoms with Crippen LogP contribution in [0.25, 0.3) is 0 Å². The minimum absolute atomic E-state index is 0.159. The largest absolute Gasteiger partial charge is 0.481 e. The number of aliphatic hydroxyl groups is 3. The Hall–Kier alpha value is -2.53. The standard InChI is InChI=1S/C22H37N7O15P2S/c1-22(2,16(33)19(34)24-4-3-12(30)28-10(6-47)21(35)36)7-42-46(39,40)44-45(37,38)41-5-11-14(31)15(32)20(43-11)29-9-27-13-17(23)25-8-26-18(13)29/h8-11,13-16,18,20,31-33,47H,3-7H2,1-2H3,(H,24,34)(H,28,30)(H,35,36)(H,37,38)(H,39,40)(H2,23,25,26)/t10-,11+,13?,14+,15+,16-,18?,20+/m0/s1. The predicted molar refractivity (Wildman–Crippen MR) is 162 cm³/mol. The molecule has 3 aliphatic heterocycles. The lowest BCUT2D eigenvalue weighted by molar-refractivity contribution is -0.141. The molecule has 0 radical (unpaired) electrons. The molecular formula is C22H37N7O15P2S. The first-order valence-electron chi connectivity index (χ1n) is 13.7. The van der Waals surface area contributed by atoms with E-state index in [1.54, 1.807) is 0 Å². The number of carboxylic acid groups (broad SMARTS) is 1. The van der Waals surface area contributed by atoms with Crippen molar-refractivity contribution in [1.82, 2.24) is 15.5 Å². The number of aliphatic hydroxyl groups excluding tert-OH is 3. The second-order valence-corrected chi connectivity index (χ2v) is 14.5. The molecular weight excluding hydrogens is 696 g/mol. The highest BCUT2D eigenvalue weighted by molar-refractivity contribution is 7.80. The van der Waals surface area contributed by atoms with Crippen LogP contribution in [0, 0.1) is 5.41 Å². The van der Waals surface area contributed by atoms with Crippen LogP contribution in [0.1, 0.15) is 20.3 Å². The number of nitrogens with one attached hydrogen (secondary N) is 2. The summed E-state index contributed by atoms with van der Waals surface area (Å²) in [7, 11) is -10.8. The first kappa shape index (κ1) is 38.9. The number of hydrogen-bond donors (Lipinski definition) is 10. The fourth-order valence-corrected chi connectivity index (χ4v) is 6.79. The number of carbonyl (C=O) groups excluding carboxylic acids is 2. The highest BCUT2D eigenvalue weighted by atomic mass is 32.1. The molecule has 0 spiro atoms. The molecule has 47 heavy (non-hydrogen) atoms. The molecule has 3 heterocycles. The normalized spacial score (nSPS) is 29.3. The maximum atomic E-state index is 12.4. The van der Waals surface area contributed by atoms with Crippen molar-refractivity contribution in [3.05, 3.63) is 0 Å². The number of phosphoric ester groups is 2. The number of nitrogens with two attached hydrogens (primary N) is 1. The van der Waals surface area contributed by atoms with E-state index >= 15 is 0 Å². The van der Waals surface area contributed by atoms with Gasteiger partial charge in [0.05, 0.1) is 19.6 Å². The summed E-state index contributed by atoms with van der Waals surface area (Å²) in [4.78, 5) is 68.7. The number of phosphoric acid groups is 2. The third-order valence-electron chi connectivity index (χ3n) is 6.97. The Morgan fingerprint density at radius 1 is 1.17 bits per heavy atom. The lowest BCUT2D eigenvalue weighted by atomic mass is 9.87. The molecule has 1 fully saturated rings. The average molecular weight is 734 g/mol. The van der Waals surface area contributed by atoms with Crippen molar-refractivity contribution >= 4 is 64.6 Å². The zero-order valence-electron chi connectivity index (χ0n) is 24.9. The second kappa shape index (κ2) is 15.8. The number of aliphatic carboxylic acids is 1. The summed E-state index contributed by atoms with van der Waals surface area (Å²) in [6.45, 7) is 0.426. The number of rotatable bonds is 17. The summed E-state index contributed by atoms with van der Waals surface area (Å²) in [5, 5.41) is 44.7.